The first kappa shape index (κ1) is 8.41. The second-order valence-electron chi connectivity index (χ2n) is 2.86. The van der Waals surface area contributed by atoms with E-state index in [1.165, 1.54) is 37.4 Å². The summed E-state index contributed by atoms with van der Waals surface area (Å²) in [7, 11) is 0. The van der Waals surface area contributed by atoms with Crippen LogP contribution in [0, 0.1) is 5.92 Å². The van der Waals surface area contributed by atoms with E-state index in [1.807, 2.05) is 0 Å². The third-order valence-corrected chi connectivity index (χ3v) is 2.96. The summed E-state index contributed by atoms with van der Waals surface area (Å²) in [5.41, 5.74) is 0. The van der Waals surface area contributed by atoms with Gasteiger partial charge in [0.25, 0.3) is 0 Å². The number of nitrogens with one attached hydrogen (secondary N) is 1. The van der Waals surface area contributed by atoms with E-state index in [9.17, 15) is 0 Å². The SMILES string of the molecule is CCSCCCC1CNC1. The third-order valence-electron chi connectivity index (χ3n) is 1.97. The lowest BCUT2D eigenvalue weighted by Gasteiger charge is -2.26. The predicted octanol–water partition coefficient (Wildman–Crippen LogP) is 1.74. The largest absolute Gasteiger partial charge is 0.316 e. The summed E-state index contributed by atoms with van der Waals surface area (Å²) in [6, 6.07) is 0. The van der Waals surface area contributed by atoms with Crippen LogP contribution in [0.3, 0.4) is 0 Å². The molecule has 0 aromatic heterocycles. The number of rotatable bonds is 5. The molecule has 1 heterocycles. The van der Waals surface area contributed by atoms with E-state index >= 15 is 0 Å². The lowest BCUT2D eigenvalue weighted by atomic mass is 9.98. The molecule has 2 heteroatoms. The number of thioether (sulfide) groups is 1. The smallest absolute Gasteiger partial charge is 0.000825 e. The van der Waals surface area contributed by atoms with Crippen LogP contribution >= 0.6 is 11.8 Å². The molecule has 60 valence electrons. The minimum absolute atomic E-state index is 1.01. The molecule has 0 saturated carbocycles. The molecule has 0 aliphatic carbocycles. The molecule has 1 aliphatic heterocycles. The van der Waals surface area contributed by atoms with Crippen molar-refractivity contribution >= 4 is 11.8 Å². The molecule has 10 heavy (non-hydrogen) atoms. The summed E-state index contributed by atoms with van der Waals surface area (Å²) in [5.74, 6) is 3.66. The molecule has 0 spiro atoms. The topological polar surface area (TPSA) is 12.0 Å². The highest BCUT2D eigenvalue weighted by Gasteiger charge is 2.14. The van der Waals surface area contributed by atoms with E-state index < -0.39 is 0 Å². The van der Waals surface area contributed by atoms with Crippen LogP contribution in [0.15, 0.2) is 0 Å². The summed E-state index contributed by atoms with van der Waals surface area (Å²) < 4.78 is 0. The van der Waals surface area contributed by atoms with Gasteiger partial charge in [-0.25, -0.2) is 0 Å². The summed E-state index contributed by atoms with van der Waals surface area (Å²) in [4.78, 5) is 0. The lowest BCUT2D eigenvalue weighted by Crippen LogP contribution is -2.41. The van der Waals surface area contributed by atoms with Crippen LogP contribution in [-0.4, -0.2) is 24.6 Å². The van der Waals surface area contributed by atoms with Crippen molar-refractivity contribution in [2.75, 3.05) is 24.6 Å². The van der Waals surface area contributed by atoms with Crippen LogP contribution < -0.4 is 5.32 Å². The molecule has 1 fully saturated rings. The summed E-state index contributed by atoms with van der Waals surface area (Å²) in [6.07, 6.45) is 2.87. The van der Waals surface area contributed by atoms with Crippen LogP contribution in [0.4, 0.5) is 0 Å². The monoisotopic (exact) mass is 159 g/mol. The summed E-state index contributed by atoms with van der Waals surface area (Å²) in [6.45, 7) is 4.78. The molecule has 0 radical (unpaired) electrons. The Morgan fingerprint density at radius 1 is 1.50 bits per heavy atom. The predicted molar refractivity (Wildman–Crippen MR) is 48.6 cm³/mol. The Labute approximate surface area is 68.0 Å². The van der Waals surface area contributed by atoms with Crippen molar-refractivity contribution in [3.63, 3.8) is 0 Å². The fourth-order valence-electron chi connectivity index (χ4n) is 1.17. The quantitative estimate of drug-likeness (QED) is 0.613. The molecule has 0 aromatic carbocycles. The van der Waals surface area contributed by atoms with E-state index in [1.54, 1.807) is 0 Å². The Kier molecular flexibility index (Phi) is 4.23. The zero-order valence-corrected chi connectivity index (χ0v) is 7.54. The van der Waals surface area contributed by atoms with Crippen molar-refractivity contribution in [1.29, 1.82) is 0 Å². The van der Waals surface area contributed by atoms with E-state index in [2.05, 4.69) is 24.0 Å². The molecule has 0 aromatic rings. The Balaban J connectivity index is 1.76. The van der Waals surface area contributed by atoms with Crippen molar-refractivity contribution in [2.45, 2.75) is 19.8 Å². The normalized spacial score (nSPS) is 18.9. The van der Waals surface area contributed by atoms with Crippen molar-refractivity contribution < 1.29 is 0 Å². The lowest BCUT2D eigenvalue weighted by molar-refractivity contribution is 0.326. The highest BCUT2D eigenvalue weighted by atomic mass is 32.2. The number of hydrogen-bond donors (Lipinski definition) is 1. The van der Waals surface area contributed by atoms with Gasteiger partial charge in [0.2, 0.25) is 0 Å². The molecule has 0 bridgehead atoms. The van der Waals surface area contributed by atoms with Crippen LogP contribution in [0.25, 0.3) is 0 Å². The van der Waals surface area contributed by atoms with E-state index in [0.717, 1.165) is 5.92 Å². The fourth-order valence-corrected chi connectivity index (χ4v) is 1.83. The van der Waals surface area contributed by atoms with Crippen molar-refractivity contribution in [1.82, 2.24) is 5.32 Å². The summed E-state index contributed by atoms with van der Waals surface area (Å²) in [5, 5.41) is 3.30. The Hall–Kier alpha value is 0.310. The molecule has 1 rings (SSSR count). The number of hydrogen-bond acceptors (Lipinski definition) is 2. The van der Waals surface area contributed by atoms with Crippen molar-refractivity contribution in [2.24, 2.45) is 5.92 Å². The molecule has 0 unspecified atom stereocenters. The average Bonchev–Trinajstić information content (AvgIpc) is 1.84. The van der Waals surface area contributed by atoms with Gasteiger partial charge >= 0.3 is 0 Å². The van der Waals surface area contributed by atoms with Crippen molar-refractivity contribution in [3.8, 4) is 0 Å². The third kappa shape index (κ3) is 2.93. The highest BCUT2D eigenvalue weighted by molar-refractivity contribution is 7.99. The Bertz CT molecular complexity index is 81.3. The highest BCUT2D eigenvalue weighted by Crippen LogP contribution is 2.13. The maximum Gasteiger partial charge on any atom is -0.000825 e. The maximum absolute atomic E-state index is 3.30. The Morgan fingerprint density at radius 2 is 2.30 bits per heavy atom. The summed E-state index contributed by atoms with van der Waals surface area (Å²) >= 11 is 2.06. The van der Waals surface area contributed by atoms with Crippen LogP contribution in [0.5, 0.6) is 0 Å². The van der Waals surface area contributed by atoms with Crippen LogP contribution in [-0.2, 0) is 0 Å². The van der Waals surface area contributed by atoms with Gasteiger partial charge in [-0.2, -0.15) is 11.8 Å². The second kappa shape index (κ2) is 5.03. The zero-order valence-electron chi connectivity index (χ0n) is 6.73. The van der Waals surface area contributed by atoms with Gasteiger partial charge in [-0.15, -0.1) is 0 Å². The molecular weight excluding hydrogens is 142 g/mol. The molecule has 0 atom stereocenters. The van der Waals surface area contributed by atoms with E-state index in [4.69, 9.17) is 0 Å². The minimum Gasteiger partial charge on any atom is -0.316 e. The first-order chi connectivity index (χ1) is 4.93. The first-order valence-corrected chi connectivity index (χ1v) is 5.37. The van der Waals surface area contributed by atoms with Gasteiger partial charge in [0, 0.05) is 0 Å². The van der Waals surface area contributed by atoms with E-state index in [0.29, 0.717) is 0 Å². The van der Waals surface area contributed by atoms with Gasteiger partial charge in [-0.3, -0.25) is 0 Å². The maximum atomic E-state index is 3.30. The van der Waals surface area contributed by atoms with Crippen LogP contribution in [0.1, 0.15) is 19.8 Å². The van der Waals surface area contributed by atoms with Gasteiger partial charge < -0.3 is 5.32 Å². The molecule has 1 nitrogen and oxygen atoms in total. The fraction of sp³-hybridized carbons (Fsp3) is 1.00. The van der Waals surface area contributed by atoms with Gasteiger partial charge in [0.1, 0.15) is 0 Å². The molecule has 1 N–H and O–H groups in total. The van der Waals surface area contributed by atoms with Gasteiger partial charge in [-0.05, 0) is 43.4 Å². The van der Waals surface area contributed by atoms with Gasteiger partial charge in [0.15, 0.2) is 0 Å². The average molecular weight is 159 g/mol. The van der Waals surface area contributed by atoms with Gasteiger partial charge in [0.05, 0.1) is 0 Å². The van der Waals surface area contributed by atoms with Crippen LogP contribution in [0.2, 0.25) is 0 Å². The van der Waals surface area contributed by atoms with Crippen molar-refractivity contribution in [3.05, 3.63) is 0 Å². The Morgan fingerprint density at radius 3 is 2.80 bits per heavy atom. The van der Waals surface area contributed by atoms with E-state index in [-0.39, 0.29) is 0 Å². The standard InChI is InChI=1S/C8H17NS/c1-2-10-5-3-4-8-6-9-7-8/h8-9H,2-7H2,1H3. The molecule has 1 aliphatic rings. The molecule has 0 amide bonds. The first-order valence-electron chi connectivity index (χ1n) is 4.22. The second-order valence-corrected chi connectivity index (χ2v) is 4.26. The minimum atomic E-state index is 1.01. The molecular formula is C8H17NS. The molecule has 1 saturated heterocycles. The van der Waals surface area contributed by atoms with Gasteiger partial charge in [-0.1, -0.05) is 6.92 Å². The zero-order chi connectivity index (χ0) is 7.23.